The van der Waals surface area contributed by atoms with Crippen molar-refractivity contribution in [2.45, 2.75) is 25.9 Å². The number of aromatic nitrogens is 3. The highest BCUT2D eigenvalue weighted by molar-refractivity contribution is 5.72. The maximum absolute atomic E-state index is 12.5. The molecule has 2 unspecified atom stereocenters. The Labute approximate surface area is 140 Å². The molecule has 25 heavy (non-hydrogen) atoms. The van der Waals surface area contributed by atoms with Crippen LogP contribution in [0.25, 0.3) is 0 Å². The molecule has 12 heteroatoms. The summed E-state index contributed by atoms with van der Waals surface area (Å²) in [5.41, 5.74) is -3.94. The zero-order valence-electron chi connectivity index (χ0n) is 13.6. The highest BCUT2D eigenvalue weighted by atomic mass is 16.5. The minimum absolute atomic E-state index is 0.123. The van der Waals surface area contributed by atoms with Gasteiger partial charge in [-0.25, -0.2) is 33.1 Å². The summed E-state index contributed by atoms with van der Waals surface area (Å²) >= 11 is 0. The molecule has 1 aromatic heterocycles. The summed E-state index contributed by atoms with van der Waals surface area (Å²) in [6, 6.07) is -3.46. The Bertz CT molecular complexity index is 730. The molecule has 0 amide bonds. The lowest BCUT2D eigenvalue weighted by atomic mass is 10.3. The van der Waals surface area contributed by atoms with Crippen LogP contribution in [0.4, 0.5) is 0 Å². The first-order valence-electron chi connectivity index (χ1n) is 7.34. The van der Waals surface area contributed by atoms with Gasteiger partial charge in [0, 0.05) is 13.2 Å². The zero-order chi connectivity index (χ0) is 19.1. The van der Waals surface area contributed by atoms with Gasteiger partial charge in [0.25, 0.3) is 0 Å². The first kappa shape index (κ1) is 20.3. The Balaban J connectivity index is 3.59. The smallest absolute Gasteiger partial charge is 0.338 e. The van der Waals surface area contributed by atoms with Crippen molar-refractivity contribution in [1.29, 1.82) is 0 Å². The number of ether oxygens (including phenoxy) is 2. The molecule has 3 N–H and O–H groups in total. The van der Waals surface area contributed by atoms with Gasteiger partial charge in [0.2, 0.25) is 0 Å². The van der Waals surface area contributed by atoms with E-state index in [1.807, 2.05) is 0 Å². The van der Waals surface area contributed by atoms with E-state index in [9.17, 15) is 34.2 Å². The van der Waals surface area contributed by atoms with E-state index in [1.165, 1.54) is 0 Å². The third-order valence-electron chi connectivity index (χ3n) is 3.22. The van der Waals surface area contributed by atoms with Crippen molar-refractivity contribution in [3.05, 3.63) is 31.5 Å². The van der Waals surface area contributed by atoms with E-state index < -0.39 is 54.3 Å². The number of carboxylic acids is 2. The van der Waals surface area contributed by atoms with Crippen LogP contribution in [-0.2, 0) is 19.1 Å². The van der Waals surface area contributed by atoms with E-state index in [0.717, 1.165) is 0 Å². The molecule has 1 rings (SSSR count). The fourth-order valence-corrected chi connectivity index (χ4v) is 2.02. The van der Waals surface area contributed by atoms with E-state index in [2.05, 4.69) is 0 Å². The Kier molecular flexibility index (Phi) is 7.26. The normalized spacial score (nSPS) is 13.4. The quantitative estimate of drug-likeness (QED) is 0.427. The summed E-state index contributed by atoms with van der Waals surface area (Å²) in [7, 11) is 0. The van der Waals surface area contributed by atoms with Crippen molar-refractivity contribution in [3.8, 4) is 0 Å². The van der Waals surface area contributed by atoms with Crippen molar-refractivity contribution < 1.29 is 29.3 Å². The zero-order valence-corrected chi connectivity index (χ0v) is 13.6. The van der Waals surface area contributed by atoms with Crippen LogP contribution in [0.5, 0.6) is 0 Å². The van der Waals surface area contributed by atoms with E-state index in [1.54, 1.807) is 18.8 Å². The summed E-state index contributed by atoms with van der Waals surface area (Å²) in [6.45, 7) is 2.37. The molecule has 0 spiro atoms. The molecule has 0 aliphatic carbocycles. The Morgan fingerprint density at radius 3 is 1.56 bits per heavy atom. The number of carbonyl (C=O) groups is 2. The van der Waals surface area contributed by atoms with Crippen molar-refractivity contribution in [3.63, 3.8) is 0 Å². The van der Waals surface area contributed by atoms with Gasteiger partial charge in [-0.15, -0.1) is 0 Å². The van der Waals surface area contributed by atoms with Crippen LogP contribution in [0.15, 0.2) is 14.4 Å². The van der Waals surface area contributed by atoms with Gasteiger partial charge in [0.05, 0.1) is 13.2 Å². The molecular formula is C13H19N3O9. The molecule has 0 saturated carbocycles. The molecular weight excluding hydrogens is 342 g/mol. The number of H-pyrrole nitrogens is 1. The molecule has 12 nitrogen and oxygen atoms in total. The van der Waals surface area contributed by atoms with Gasteiger partial charge in [0.15, 0.2) is 12.1 Å². The number of aromatic amines is 1. The number of rotatable bonds is 10. The Morgan fingerprint density at radius 1 is 0.920 bits per heavy atom. The van der Waals surface area contributed by atoms with Gasteiger partial charge >= 0.3 is 29.0 Å². The van der Waals surface area contributed by atoms with Crippen LogP contribution < -0.4 is 17.1 Å². The molecule has 2 atom stereocenters. The summed E-state index contributed by atoms with van der Waals surface area (Å²) in [5, 5.41) is 18.5. The fraction of sp³-hybridized carbons (Fsp3) is 0.615. The van der Waals surface area contributed by atoms with E-state index >= 15 is 0 Å². The minimum atomic E-state index is -1.73. The second kappa shape index (κ2) is 8.94. The van der Waals surface area contributed by atoms with E-state index in [4.69, 9.17) is 9.47 Å². The largest absolute Gasteiger partial charge is 0.480 e. The molecule has 0 radical (unpaired) electrons. The lowest BCUT2D eigenvalue weighted by Gasteiger charge is -2.18. The molecule has 0 aliphatic rings. The van der Waals surface area contributed by atoms with Crippen molar-refractivity contribution in [2.24, 2.45) is 0 Å². The monoisotopic (exact) mass is 361 g/mol. The van der Waals surface area contributed by atoms with Crippen molar-refractivity contribution in [1.82, 2.24) is 14.1 Å². The van der Waals surface area contributed by atoms with Gasteiger partial charge in [-0.3, -0.25) is 4.98 Å². The minimum Gasteiger partial charge on any atom is -0.480 e. The predicted molar refractivity (Wildman–Crippen MR) is 81.9 cm³/mol. The maximum Gasteiger partial charge on any atom is 0.338 e. The second-order valence-electron chi connectivity index (χ2n) is 4.78. The third kappa shape index (κ3) is 4.64. The SMILES string of the molecule is CCOCC(C(=O)O)n1c(=O)[nH]c(=O)n(C(COCC)C(=O)O)c1=O. The van der Waals surface area contributed by atoms with Gasteiger partial charge in [0.1, 0.15) is 0 Å². The molecule has 0 aromatic carbocycles. The maximum atomic E-state index is 12.5. The highest BCUT2D eigenvalue weighted by Crippen LogP contribution is 2.04. The second-order valence-corrected chi connectivity index (χ2v) is 4.78. The van der Waals surface area contributed by atoms with Crippen molar-refractivity contribution >= 4 is 11.9 Å². The average Bonchev–Trinajstić information content (AvgIpc) is 2.52. The van der Waals surface area contributed by atoms with Gasteiger partial charge in [-0.2, -0.15) is 0 Å². The molecule has 0 fully saturated rings. The van der Waals surface area contributed by atoms with Crippen LogP contribution in [0.3, 0.4) is 0 Å². The lowest BCUT2D eigenvalue weighted by molar-refractivity contribution is -0.143. The summed E-state index contributed by atoms with van der Waals surface area (Å²) in [4.78, 5) is 60.8. The van der Waals surface area contributed by atoms with E-state index in [0.29, 0.717) is 0 Å². The molecule has 140 valence electrons. The van der Waals surface area contributed by atoms with Crippen LogP contribution >= 0.6 is 0 Å². The van der Waals surface area contributed by atoms with Crippen LogP contribution in [0, 0.1) is 0 Å². The molecule has 0 saturated heterocycles. The number of aliphatic carboxylic acids is 2. The highest BCUT2D eigenvalue weighted by Gasteiger charge is 2.30. The predicted octanol–water partition coefficient (Wildman–Crippen LogP) is -1.98. The van der Waals surface area contributed by atoms with E-state index in [-0.39, 0.29) is 22.3 Å². The van der Waals surface area contributed by atoms with Gasteiger partial charge in [-0.05, 0) is 13.8 Å². The standard InChI is InChI=1S/C13H19N3O9/c1-3-24-5-7(9(17)18)15-11(21)14-12(22)16(13(15)23)8(10(19)20)6-25-4-2/h7-8H,3-6H2,1-2H3,(H,17,18)(H,19,20)(H,14,21,22). The number of carboxylic acid groups (broad SMARTS) is 2. The number of nitrogens with one attached hydrogen (secondary N) is 1. The van der Waals surface area contributed by atoms with Crippen LogP contribution in [0.1, 0.15) is 25.9 Å². The summed E-state index contributed by atoms with van der Waals surface area (Å²) < 4.78 is 10.4. The molecule has 1 aromatic rings. The number of hydrogen-bond donors (Lipinski definition) is 3. The van der Waals surface area contributed by atoms with Crippen LogP contribution in [0.2, 0.25) is 0 Å². The topological polar surface area (TPSA) is 170 Å². The van der Waals surface area contributed by atoms with Crippen LogP contribution in [-0.4, -0.2) is 62.7 Å². The number of nitrogens with zero attached hydrogens (tertiary/aromatic N) is 2. The average molecular weight is 361 g/mol. The molecule has 1 heterocycles. The molecule has 0 aliphatic heterocycles. The first-order valence-corrected chi connectivity index (χ1v) is 7.34. The fourth-order valence-electron chi connectivity index (χ4n) is 2.02. The molecule has 0 bridgehead atoms. The lowest BCUT2D eigenvalue weighted by Crippen LogP contribution is -2.55. The van der Waals surface area contributed by atoms with Gasteiger partial charge < -0.3 is 19.7 Å². The van der Waals surface area contributed by atoms with Crippen molar-refractivity contribution in [2.75, 3.05) is 26.4 Å². The van der Waals surface area contributed by atoms with Gasteiger partial charge in [-0.1, -0.05) is 0 Å². The summed E-state index contributed by atoms with van der Waals surface area (Å²) in [5.74, 6) is -3.11. The Morgan fingerprint density at radius 2 is 1.28 bits per heavy atom. The third-order valence-corrected chi connectivity index (χ3v) is 3.22. The Hall–Kier alpha value is -2.73. The summed E-state index contributed by atoms with van der Waals surface area (Å²) in [6.07, 6.45) is 0. The first-order chi connectivity index (χ1) is 11.8. The number of hydrogen-bond acceptors (Lipinski definition) is 7.